The molecule has 370 valence electrons. The van der Waals surface area contributed by atoms with E-state index < -0.39 is 26.6 Å². The minimum absolute atomic E-state index is 0.0831. The fraction of sp³-hybridized carbons (Fsp3) is 0.281. The van der Waals surface area contributed by atoms with Gasteiger partial charge >= 0.3 is 0 Å². The van der Waals surface area contributed by atoms with E-state index in [-0.39, 0.29) is 29.3 Å². The SMILES string of the molecule is CC(C)(C)C(=O)Nc1cccc(NC(=O)C(C)(C)C)c1-c1c2nc(c3ccc([nH]3)c(-c3c(NC(=O)C(C)(C)C)cccc3NC(=O)C(C)(C)C)c3ccc([nH]3)c(-c3ccc([N+](=O)[O-])cc3)c3ccc1[nH]3)C=C2. The predicted molar refractivity (Wildman–Crippen MR) is 290 cm³/mol. The van der Waals surface area contributed by atoms with Crippen LogP contribution in [-0.4, -0.2) is 48.5 Å². The molecule has 0 saturated carbocycles. The minimum Gasteiger partial charge on any atom is -0.354 e. The van der Waals surface area contributed by atoms with Gasteiger partial charge in [-0.3, -0.25) is 29.3 Å². The highest BCUT2D eigenvalue weighted by atomic mass is 16.6. The lowest BCUT2D eigenvalue weighted by Gasteiger charge is -2.23. The molecule has 4 aromatic heterocycles. The fourth-order valence-corrected chi connectivity index (χ4v) is 8.04. The van der Waals surface area contributed by atoms with Crippen molar-refractivity contribution in [3.63, 3.8) is 0 Å². The molecule has 7 N–H and O–H groups in total. The van der Waals surface area contributed by atoms with Crippen LogP contribution < -0.4 is 21.3 Å². The van der Waals surface area contributed by atoms with Gasteiger partial charge in [0.05, 0.1) is 44.6 Å². The Bertz CT molecular complexity index is 3420. The average Bonchev–Trinajstić information content (AvgIpc) is 4.14. The number of nitro benzene ring substituents is 1. The van der Waals surface area contributed by atoms with E-state index in [0.717, 1.165) is 0 Å². The van der Waals surface area contributed by atoms with Crippen LogP contribution >= 0.6 is 0 Å². The topological polar surface area (TPSA) is 220 Å². The number of aromatic amines is 3. The van der Waals surface area contributed by atoms with E-state index in [1.54, 1.807) is 48.5 Å². The maximum atomic E-state index is 13.9. The van der Waals surface area contributed by atoms with E-state index in [9.17, 15) is 29.3 Å². The number of non-ortho nitro benzene ring substituents is 1. The van der Waals surface area contributed by atoms with Gasteiger partial charge in [0, 0.05) is 89.2 Å². The summed E-state index contributed by atoms with van der Waals surface area (Å²) in [6.07, 6.45) is 3.77. The van der Waals surface area contributed by atoms with E-state index >= 15 is 0 Å². The smallest absolute Gasteiger partial charge is 0.269 e. The number of carbonyl (C=O) groups excluding carboxylic acids is 4. The molecular weight excluding hydrogens is 907 g/mol. The standard InChI is InChI=1S/C57H61N9O6/c1-54(2,3)50(67)62-35-15-13-16-36(63-51(68)55(4,5)6)46(35)48-41-25-23-33(58-41)34-24-26-42(59-34)49(47-37(64-52(69)56(7,8)9)17-14-18-38(47)65-53(70)57(10,11)12)44-30-28-40(61-44)45(39-27-29-43(48)60-39)31-19-21-32(22-20-31)66(71)72/h13-30,58,60-61H,1-12H3,(H,62,67)(H,63,68)(H,64,69)(H,65,70). The van der Waals surface area contributed by atoms with Crippen LogP contribution in [0.15, 0.2) is 97.1 Å². The molecule has 7 aromatic rings. The number of rotatable bonds is 8. The first kappa shape index (κ1) is 50.1. The number of anilines is 4. The van der Waals surface area contributed by atoms with E-state index in [1.165, 1.54) is 12.1 Å². The lowest BCUT2D eigenvalue weighted by Crippen LogP contribution is -2.29. The van der Waals surface area contributed by atoms with E-state index in [1.807, 2.05) is 132 Å². The Morgan fingerprint density at radius 1 is 0.417 bits per heavy atom. The number of H-pyrrole nitrogens is 3. The third kappa shape index (κ3) is 10.1. The summed E-state index contributed by atoms with van der Waals surface area (Å²) >= 11 is 0. The van der Waals surface area contributed by atoms with Gasteiger partial charge in [-0.05, 0) is 90.5 Å². The first-order valence-corrected chi connectivity index (χ1v) is 23.8. The molecule has 8 rings (SSSR count). The van der Waals surface area contributed by atoms with Crippen molar-refractivity contribution in [3.8, 4) is 33.4 Å². The second-order valence-corrected chi connectivity index (χ2v) is 22.3. The van der Waals surface area contributed by atoms with E-state index in [2.05, 4.69) is 36.2 Å². The molecule has 5 heterocycles. The van der Waals surface area contributed by atoms with Crippen LogP contribution in [0.5, 0.6) is 0 Å². The first-order chi connectivity index (χ1) is 33.7. The normalized spacial score (nSPS) is 12.4. The highest BCUT2D eigenvalue weighted by Gasteiger charge is 2.30. The second kappa shape index (κ2) is 18.4. The van der Waals surface area contributed by atoms with Crippen LogP contribution in [0.3, 0.4) is 0 Å². The van der Waals surface area contributed by atoms with Crippen molar-refractivity contribution in [1.82, 2.24) is 19.9 Å². The van der Waals surface area contributed by atoms with Gasteiger partial charge < -0.3 is 36.2 Å². The van der Waals surface area contributed by atoms with Gasteiger partial charge in [0.25, 0.3) is 5.69 Å². The fourth-order valence-electron chi connectivity index (χ4n) is 8.04. The zero-order valence-corrected chi connectivity index (χ0v) is 42.7. The van der Waals surface area contributed by atoms with E-state index in [0.29, 0.717) is 101 Å². The molecular formula is C57H61N9O6. The van der Waals surface area contributed by atoms with Crippen LogP contribution in [0.4, 0.5) is 28.4 Å². The molecule has 4 amide bonds. The number of benzene rings is 3. The van der Waals surface area contributed by atoms with Crippen LogP contribution in [0.25, 0.3) is 78.6 Å². The zero-order chi connectivity index (χ0) is 52.2. The zero-order valence-electron chi connectivity index (χ0n) is 42.7. The molecule has 0 fully saturated rings. The molecule has 1 aliphatic heterocycles. The van der Waals surface area contributed by atoms with Crippen LogP contribution in [0, 0.1) is 31.8 Å². The molecule has 0 unspecified atom stereocenters. The van der Waals surface area contributed by atoms with Gasteiger partial charge in [-0.1, -0.05) is 95.2 Å². The van der Waals surface area contributed by atoms with E-state index in [4.69, 9.17) is 4.98 Å². The molecule has 0 aliphatic carbocycles. The largest absolute Gasteiger partial charge is 0.354 e. The number of hydrogen-bond acceptors (Lipinski definition) is 7. The summed E-state index contributed by atoms with van der Waals surface area (Å²) in [5.74, 6) is -0.963. The Morgan fingerprint density at radius 3 is 1.11 bits per heavy atom. The second-order valence-electron chi connectivity index (χ2n) is 22.3. The average molecular weight is 968 g/mol. The highest BCUT2D eigenvalue weighted by molar-refractivity contribution is 6.12. The molecule has 0 spiro atoms. The Kier molecular flexibility index (Phi) is 12.8. The van der Waals surface area contributed by atoms with Crippen molar-refractivity contribution in [2.24, 2.45) is 21.7 Å². The summed E-state index contributed by atoms with van der Waals surface area (Å²) in [6.45, 7) is 21.9. The monoisotopic (exact) mass is 967 g/mol. The molecule has 0 atom stereocenters. The van der Waals surface area contributed by atoms with Crippen LogP contribution in [0.2, 0.25) is 0 Å². The maximum absolute atomic E-state index is 13.9. The molecule has 1 aliphatic rings. The molecule has 72 heavy (non-hydrogen) atoms. The highest BCUT2D eigenvalue weighted by Crippen LogP contribution is 2.45. The number of hydrogen-bond donors (Lipinski definition) is 7. The van der Waals surface area contributed by atoms with Crippen molar-refractivity contribution < 1.29 is 24.1 Å². The Morgan fingerprint density at radius 2 is 0.736 bits per heavy atom. The number of amides is 4. The first-order valence-electron chi connectivity index (χ1n) is 23.8. The number of nitro groups is 1. The van der Waals surface area contributed by atoms with Gasteiger partial charge in [0.15, 0.2) is 0 Å². The summed E-state index contributed by atoms with van der Waals surface area (Å²) in [5.41, 5.74) is 6.87. The Balaban J connectivity index is 1.55. The van der Waals surface area contributed by atoms with Crippen molar-refractivity contribution in [1.29, 1.82) is 0 Å². The minimum atomic E-state index is -0.776. The summed E-state index contributed by atoms with van der Waals surface area (Å²) in [4.78, 5) is 83.2. The van der Waals surface area contributed by atoms with Gasteiger partial charge in [-0.15, -0.1) is 0 Å². The number of fused-ring (bicyclic) bond motifs is 9. The Labute approximate surface area is 417 Å². The number of aromatic nitrogens is 4. The molecule has 15 nitrogen and oxygen atoms in total. The molecule has 0 radical (unpaired) electrons. The molecule has 3 aromatic carbocycles. The Hall–Kier alpha value is -8.33. The van der Waals surface area contributed by atoms with Gasteiger partial charge in [0.2, 0.25) is 23.6 Å². The lowest BCUT2D eigenvalue weighted by atomic mass is 9.93. The van der Waals surface area contributed by atoms with Crippen LogP contribution in [-0.2, 0) is 19.2 Å². The van der Waals surface area contributed by atoms with Crippen molar-refractivity contribution in [3.05, 3.63) is 119 Å². The predicted octanol–water partition coefficient (Wildman–Crippen LogP) is 13.5. The van der Waals surface area contributed by atoms with Crippen molar-refractivity contribution in [2.75, 3.05) is 21.3 Å². The quantitative estimate of drug-likeness (QED) is 0.0576. The third-order valence-electron chi connectivity index (χ3n) is 12.3. The van der Waals surface area contributed by atoms with Crippen molar-refractivity contribution in [2.45, 2.75) is 83.1 Å². The number of nitrogens with zero attached hydrogens (tertiary/aromatic N) is 2. The summed E-state index contributed by atoms with van der Waals surface area (Å²) in [7, 11) is 0. The van der Waals surface area contributed by atoms with Crippen LogP contribution in [0.1, 0.15) is 94.5 Å². The lowest BCUT2D eigenvalue weighted by molar-refractivity contribution is -0.384. The third-order valence-corrected chi connectivity index (χ3v) is 12.3. The molecule has 0 saturated heterocycles. The van der Waals surface area contributed by atoms with Gasteiger partial charge in [-0.25, -0.2) is 4.98 Å². The summed E-state index contributed by atoms with van der Waals surface area (Å²) in [5, 5.41) is 24.6. The summed E-state index contributed by atoms with van der Waals surface area (Å²) in [6, 6.07) is 28.5. The van der Waals surface area contributed by atoms with Crippen molar-refractivity contribution >= 4 is 97.3 Å². The summed E-state index contributed by atoms with van der Waals surface area (Å²) < 4.78 is 0. The van der Waals surface area contributed by atoms with Gasteiger partial charge in [-0.2, -0.15) is 0 Å². The molecule has 15 heteroatoms. The molecule has 8 bridgehead atoms. The number of nitrogens with one attached hydrogen (secondary N) is 7. The maximum Gasteiger partial charge on any atom is 0.269 e. The van der Waals surface area contributed by atoms with Gasteiger partial charge in [0.1, 0.15) is 0 Å². The number of carbonyl (C=O) groups is 4.